The van der Waals surface area contributed by atoms with Crippen LogP contribution >= 0.6 is 0 Å². The molecule has 10 nitrogen and oxygen atoms in total. The van der Waals surface area contributed by atoms with Crippen LogP contribution in [0.25, 0.3) is 0 Å². The van der Waals surface area contributed by atoms with Gasteiger partial charge in [-0.2, -0.15) is 0 Å². The maximum atomic E-state index is 15.0. The van der Waals surface area contributed by atoms with E-state index in [4.69, 9.17) is 9.47 Å². The van der Waals surface area contributed by atoms with Crippen molar-refractivity contribution in [2.45, 2.75) is 82.1 Å². The van der Waals surface area contributed by atoms with Crippen molar-refractivity contribution < 1.29 is 33.8 Å². The molecule has 0 aliphatic carbocycles. The van der Waals surface area contributed by atoms with Crippen molar-refractivity contribution in [1.29, 1.82) is 0 Å². The van der Waals surface area contributed by atoms with Crippen molar-refractivity contribution in [1.82, 2.24) is 4.90 Å². The van der Waals surface area contributed by atoms with E-state index >= 15 is 4.79 Å². The van der Waals surface area contributed by atoms with Crippen molar-refractivity contribution in [2.24, 2.45) is 5.92 Å². The molecular formula is C43H47N3O7Si. The molecule has 3 amide bonds. The van der Waals surface area contributed by atoms with E-state index in [0.717, 1.165) is 40.0 Å². The number of carbonyl (C=O) groups is 3. The molecular weight excluding hydrogens is 699 g/mol. The second kappa shape index (κ2) is 13.8. The van der Waals surface area contributed by atoms with Gasteiger partial charge in [-0.15, -0.1) is 0 Å². The lowest BCUT2D eigenvalue weighted by atomic mass is 9.82. The normalized spacial score (nSPS) is 24.8. The molecule has 4 heterocycles. The molecule has 5 atom stereocenters. The summed E-state index contributed by atoms with van der Waals surface area (Å²) >= 11 is 0. The molecule has 0 aromatic heterocycles. The SMILES string of the molecule is COc1ccc2c(c1)[C@]1(O[C@@H](CC(=O)N3Cc4ccccc4C[C@H]3CO)[C@H]([Si](C)(C)O)[C@H]1C)C(=O)N2Cc1ccc(N2C(=O)CCc3ccccc32)cc1. The minimum Gasteiger partial charge on any atom is -0.497 e. The third-order valence-corrected chi connectivity index (χ3v) is 14.6. The minimum atomic E-state index is -3.05. The summed E-state index contributed by atoms with van der Waals surface area (Å²) in [6.45, 7) is 6.11. The van der Waals surface area contributed by atoms with Crippen LogP contribution in [0.15, 0.2) is 91.0 Å². The van der Waals surface area contributed by atoms with Gasteiger partial charge in [-0.1, -0.05) is 61.5 Å². The number of anilines is 3. The zero-order valence-electron chi connectivity index (χ0n) is 31.2. The number of hydrogen-bond donors (Lipinski definition) is 2. The van der Waals surface area contributed by atoms with E-state index in [2.05, 4.69) is 6.07 Å². The maximum absolute atomic E-state index is 15.0. The maximum Gasteiger partial charge on any atom is 0.264 e. The van der Waals surface area contributed by atoms with Gasteiger partial charge in [-0.25, -0.2) is 0 Å². The number of carbonyl (C=O) groups excluding carboxylic acids is 3. The lowest BCUT2D eigenvalue weighted by Crippen LogP contribution is -2.48. The average molecular weight is 746 g/mol. The van der Waals surface area contributed by atoms with Crippen LogP contribution in [0.2, 0.25) is 18.6 Å². The number of aryl methyl sites for hydroxylation is 1. The molecule has 4 aliphatic rings. The summed E-state index contributed by atoms with van der Waals surface area (Å²) in [6, 6.07) is 28.8. The third-order valence-electron chi connectivity index (χ3n) is 12.1. The van der Waals surface area contributed by atoms with Gasteiger partial charge < -0.3 is 29.2 Å². The molecule has 0 unspecified atom stereocenters. The van der Waals surface area contributed by atoms with Crippen LogP contribution in [0, 0.1) is 5.92 Å². The van der Waals surface area contributed by atoms with E-state index < -0.39 is 31.5 Å². The molecule has 1 saturated heterocycles. The first-order chi connectivity index (χ1) is 25.9. The van der Waals surface area contributed by atoms with E-state index in [1.807, 2.05) is 105 Å². The van der Waals surface area contributed by atoms with E-state index in [-0.39, 0.29) is 43.3 Å². The van der Waals surface area contributed by atoms with E-state index in [1.54, 1.807) is 21.8 Å². The van der Waals surface area contributed by atoms with Crippen LogP contribution in [0.1, 0.15) is 47.6 Å². The van der Waals surface area contributed by atoms with Gasteiger partial charge in [-0.3, -0.25) is 19.3 Å². The van der Waals surface area contributed by atoms with Gasteiger partial charge >= 0.3 is 0 Å². The predicted octanol–water partition coefficient (Wildman–Crippen LogP) is 5.99. The van der Waals surface area contributed by atoms with Crippen LogP contribution in [0.5, 0.6) is 5.75 Å². The molecule has 0 bridgehead atoms. The van der Waals surface area contributed by atoms with Crippen molar-refractivity contribution in [3.8, 4) is 5.75 Å². The minimum absolute atomic E-state index is 0.0290. The fourth-order valence-corrected chi connectivity index (χ4v) is 12.1. The Bertz CT molecular complexity index is 2120. The highest BCUT2D eigenvalue weighted by Gasteiger charge is 2.66. The molecule has 2 N–H and O–H groups in total. The van der Waals surface area contributed by atoms with Gasteiger partial charge in [0.05, 0.1) is 50.2 Å². The molecule has 54 heavy (non-hydrogen) atoms. The first kappa shape index (κ1) is 36.2. The summed E-state index contributed by atoms with van der Waals surface area (Å²) in [7, 11) is -1.46. The fourth-order valence-electron chi connectivity index (χ4n) is 9.52. The molecule has 0 saturated carbocycles. The smallest absolute Gasteiger partial charge is 0.264 e. The number of aliphatic hydroxyl groups is 1. The number of aliphatic hydroxyl groups excluding tert-OH is 1. The van der Waals surface area contributed by atoms with E-state index in [1.165, 1.54) is 0 Å². The summed E-state index contributed by atoms with van der Waals surface area (Å²) in [5.74, 6) is -0.273. The average Bonchev–Trinajstić information content (AvgIpc) is 3.59. The van der Waals surface area contributed by atoms with Crippen LogP contribution in [0.4, 0.5) is 17.1 Å². The van der Waals surface area contributed by atoms with Crippen LogP contribution in [0.3, 0.4) is 0 Å². The Morgan fingerprint density at radius 3 is 2.33 bits per heavy atom. The zero-order valence-corrected chi connectivity index (χ0v) is 32.2. The molecule has 11 heteroatoms. The van der Waals surface area contributed by atoms with Gasteiger partial charge in [0, 0.05) is 35.7 Å². The van der Waals surface area contributed by atoms with Gasteiger partial charge in [0.15, 0.2) is 13.9 Å². The molecule has 8 rings (SSSR count). The van der Waals surface area contributed by atoms with Gasteiger partial charge in [0.25, 0.3) is 5.91 Å². The Morgan fingerprint density at radius 2 is 1.63 bits per heavy atom. The number of ether oxygens (including phenoxy) is 2. The van der Waals surface area contributed by atoms with E-state index in [9.17, 15) is 19.5 Å². The number of nitrogens with zero attached hydrogens (tertiary/aromatic N) is 3. The van der Waals surface area contributed by atoms with Crippen molar-refractivity contribution in [2.75, 3.05) is 23.5 Å². The summed E-state index contributed by atoms with van der Waals surface area (Å²) < 4.78 is 12.6. The first-order valence-electron chi connectivity index (χ1n) is 18.8. The van der Waals surface area contributed by atoms with Crippen LogP contribution in [-0.2, 0) is 50.7 Å². The van der Waals surface area contributed by atoms with E-state index in [0.29, 0.717) is 36.4 Å². The van der Waals surface area contributed by atoms with Gasteiger partial charge in [-0.05, 0) is 84.6 Å². The van der Waals surface area contributed by atoms with Crippen molar-refractivity contribution >= 4 is 43.1 Å². The quantitative estimate of drug-likeness (QED) is 0.213. The highest BCUT2D eigenvalue weighted by atomic mass is 28.4. The van der Waals surface area contributed by atoms with Gasteiger partial charge in [0.2, 0.25) is 11.8 Å². The van der Waals surface area contributed by atoms with Gasteiger partial charge in [0.1, 0.15) is 5.75 Å². The molecule has 4 aliphatic heterocycles. The van der Waals surface area contributed by atoms with Crippen LogP contribution < -0.4 is 14.5 Å². The van der Waals surface area contributed by atoms with Crippen LogP contribution in [-0.4, -0.2) is 66.7 Å². The Hall–Kier alpha value is -4.81. The summed E-state index contributed by atoms with van der Waals surface area (Å²) in [6.07, 6.45) is 0.949. The summed E-state index contributed by atoms with van der Waals surface area (Å²) in [4.78, 5) is 59.4. The topological polar surface area (TPSA) is 120 Å². The zero-order chi connectivity index (χ0) is 37.9. The second-order valence-corrected chi connectivity index (χ2v) is 19.7. The lowest BCUT2D eigenvalue weighted by molar-refractivity contribution is -0.151. The number of methoxy groups -OCH3 is 1. The molecule has 4 aromatic rings. The first-order valence-corrected chi connectivity index (χ1v) is 21.8. The number of amides is 3. The lowest BCUT2D eigenvalue weighted by Gasteiger charge is -2.37. The molecule has 0 radical (unpaired) electrons. The molecule has 1 spiro atoms. The third kappa shape index (κ3) is 5.94. The fraction of sp³-hybridized carbons (Fsp3) is 0.372. The number of benzene rings is 4. The summed E-state index contributed by atoms with van der Waals surface area (Å²) in [5.41, 5.74) is 5.27. The monoisotopic (exact) mass is 745 g/mol. The molecule has 4 aromatic carbocycles. The summed E-state index contributed by atoms with van der Waals surface area (Å²) in [5, 5.41) is 10.3. The number of fused-ring (bicyclic) bond motifs is 4. The molecule has 1 fully saturated rings. The Balaban J connectivity index is 1.10. The Kier molecular flexibility index (Phi) is 9.24. The Morgan fingerprint density at radius 1 is 0.926 bits per heavy atom. The highest BCUT2D eigenvalue weighted by molar-refractivity contribution is 6.71. The number of para-hydroxylation sites is 1. The molecule has 280 valence electrons. The van der Waals surface area contributed by atoms with Crippen molar-refractivity contribution in [3.63, 3.8) is 0 Å². The highest BCUT2D eigenvalue weighted by Crippen LogP contribution is 2.60. The number of rotatable bonds is 8. The Labute approximate surface area is 317 Å². The largest absolute Gasteiger partial charge is 0.497 e. The second-order valence-electron chi connectivity index (χ2n) is 15.7. The predicted molar refractivity (Wildman–Crippen MR) is 208 cm³/mol. The number of hydrogen-bond acceptors (Lipinski definition) is 7. The standard InChI is InChI=1S/C43H47N3O7Si/c1-27-41(54(3,4)51)38(23-40(49)44-25-31-11-6-5-10-30(31)21-33(44)26-47)53-43(27)35-22-34(52-2)18-19-37(35)45(42(43)50)24-28-13-16-32(17-14-28)46-36-12-8-7-9-29(36)15-20-39(46)48/h5-14,16-19,22,27,33,38,41,47,51H,15,20-21,23-26H2,1-4H3/t27-,33+,38+,41-,43+/m1/s1. The van der Waals surface area contributed by atoms with Crippen molar-refractivity contribution in [3.05, 3.63) is 119 Å².